The minimum absolute atomic E-state index is 0.742. The van der Waals surface area contributed by atoms with Crippen molar-refractivity contribution in [3.05, 3.63) is 20.8 Å². The van der Waals surface area contributed by atoms with E-state index in [1.54, 1.807) is 0 Å². The van der Waals surface area contributed by atoms with Crippen molar-refractivity contribution in [2.24, 2.45) is 11.8 Å². The third-order valence-corrected chi connectivity index (χ3v) is 6.51. The van der Waals surface area contributed by atoms with Crippen LogP contribution in [0.5, 0.6) is 0 Å². The summed E-state index contributed by atoms with van der Waals surface area (Å²) in [5.41, 5.74) is 0. The van der Waals surface area contributed by atoms with Crippen molar-refractivity contribution < 1.29 is 0 Å². The molecule has 2 rings (SSSR count). The minimum Gasteiger partial charge on any atom is -0.148 e. The second-order valence-corrected chi connectivity index (χ2v) is 7.14. The van der Waals surface area contributed by atoms with Crippen LogP contribution in [0.25, 0.3) is 0 Å². The molecule has 0 spiro atoms. The Morgan fingerprint density at radius 2 is 2.29 bits per heavy atom. The zero-order valence-corrected chi connectivity index (χ0v) is 12.2. The molecule has 14 heavy (non-hydrogen) atoms. The maximum Gasteiger partial charge on any atom is 0.0314 e. The topological polar surface area (TPSA) is 0 Å². The van der Waals surface area contributed by atoms with Crippen LogP contribution in [0, 0.1) is 11.8 Å². The lowest BCUT2D eigenvalue weighted by atomic mass is 9.94. The van der Waals surface area contributed by atoms with Crippen LogP contribution in [0.4, 0.5) is 0 Å². The Morgan fingerprint density at radius 1 is 1.50 bits per heavy atom. The van der Waals surface area contributed by atoms with Crippen LogP contribution in [0.3, 0.4) is 0 Å². The summed E-state index contributed by atoms with van der Waals surface area (Å²) in [6.07, 6.45) is 3.97. The zero-order chi connectivity index (χ0) is 10.1. The zero-order valence-electron chi connectivity index (χ0n) is 8.17. The predicted octanol–water partition coefficient (Wildman–Crippen LogP) is 4.86. The molecule has 0 N–H and O–H groups in total. The van der Waals surface area contributed by atoms with E-state index >= 15 is 0 Å². The Morgan fingerprint density at radius 3 is 2.79 bits per heavy atom. The van der Waals surface area contributed by atoms with Crippen molar-refractivity contribution in [2.45, 2.75) is 31.0 Å². The number of halogens is 2. The maximum atomic E-state index is 3.76. The van der Waals surface area contributed by atoms with E-state index in [-0.39, 0.29) is 0 Å². The molecule has 78 valence electrons. The molecule has 0 nitrogen and oxygen atoms in total. The van der Waals surface area contributed by atoms with Gasteiger partial charge in [-0.15, -0.1) is 11.3 Å². The van der Waals surface area contributed by atoms with Crippen molar-refractivity contribution in [1.29, 1.82) is 0 Å². The van der Waals surface area contributed by atoms with E-state index in [2.05, 4.69) is 50.2 Å². The first kappa shape index (κ1) is 11.2. The fourth-order valence-electron chi connectivity index (χ4n) is 2.19. The van der Waals surface area contributed by atoms with Gasteiger partial charge < -0.3 is 0 Å². The summed E-state index contributed by atoms with van der Waals surface area (Å²) < 4.78 is 1.30. The Hall–Kier alpha value is 0.660. The van der Waals surface area contributed by atoms with Crippen LogP contribution < -0.4 is 0 Å². The van der Waals surface area contributed by atoms with E-state index in [1.165, 1.54) is 28.6 Å². The lowest BCUT2D eigenvalue weighted by Crippen LogP contribution is -2.12. The van der Waals surface area contributed by atoms with Gasteiger partial charge in [0.25, 0.3) is 0 Å². The molecule has 0 bridgehead atoms. The average Bonchev–Trinajstić information content (AvgIpc) is 2.68. The van der Waals surface area contributed by atoms with E-state index in [0.717, 1.165) is 16.7 Å². The van der Waals surface area contributed by atoms with Crippen molar-refractivity contribution in [3.8, 4) is 0 Å². The van der Waals surface area contributed by atoms with Crippen molar-refractivity contribution >= 4 is 43.2 Å². The number of hydrogen-bond acceptors (Lipinski definition) is 1. The van der Waals surface area contributed by atoms with Gasteiger partial charge in [-0.3, -0.25) is 0 Å². The Kier molecular flexibility index (Phi) is 3.72. The molecule has 1 aromatic heterocycles. The predicted molar refractivity (Wildman–Crippen MR) is 70.3 cm³/mol. The quantitative estimate of drug-likeness (QED) is 0.676. The SMILES string of the molecule is CC1C(Br)CCC1Cc1sccc1Br. The van der Waals surface area contributed by atoms with E-state index in [4.69, 9.17) is 0 Å². The van der Waals surface area contributed by atoms with Gasteiger partial charge in [0.2, 0.25) is 0 Å². The summed E-state index contributed by atoms with van der Waals surface area (Å²) in [6.45, 7) is 2.37. The van der Waals surface area contributed by atoms with Crippen LogP contribution in [-0.2, 0) is 6.42 Å². The van der Waals surface area contributed by atoms with Gasteiger partial charge in [-0.2, -0.15) is 0 Å². The van der Waals surface area contributed by atoms with Crippen molar-refractivity contribution in [1.82, 2.24) is 0 Å². The summed E-state index contributed by atoms with van der Waals surface area (Å²) in [7, 11) is 0. The molecule has 0 aromatic carbocycles. The van der Waals surface area contributed by atoms with Gasteiger partial charge in [0.05, 0.1) is 0 Å². The molecular formula is C11H14Br2S. The third-order valence-electron chi connectivity index (χ3n) is 3.27. The largest absolute Gasteiger partial charge is 0.148 e. The lowest BCUT2D eigenvalue weighted by Gasteiger charge is -2.16. The summed E-state index contributed by atoms with van der Waals surface area (Å²) in [4.78, 5) is 2.26. The number of thiophene rings is 1. The maximum absolute atomic E-state index is 3.76. The van der Waals surface area contributed by atoms with Gasteiger partial charge in [0.1, 0.15) is 0 Å². The monoisotopic (exact) mass is 336 g/mol. The van der Waals surface area contributed by atoms with Crippen molar-refractivity contribution in [2.75, 3.05) is 0 Å². The van der Waals surface area contributed by atoms with E-state index < -0.39 is 0 Å². The Bertz CT molecular complexity index is 308. The second kappa shape index (κ2) is 4.67. The summed E-state index contributed by atoms with van der Waals surface area (Å²) in [6, 6.07) is 2.16. The lowest BCUT2D eigenvalue weighted by molar-refractivity contribution is 0.425. The summed E-state index contributed by atoms with van der Waals surface area (Å²) in [5, 5.41) is 2.17. The standard InChI is InChI=1S/C11H14Br2S/c1-7-8(2-3-9(7)12)6-11-10(13)4-5-14-11/h4-5,7-9H,2-3,6H2,1H3. The first-order valence-corrected chi connectivity index (χ1v) is 7.63. The van der Waals surface area contributed by atoms with Crippen molar-refractivity contribution in [3.63, 3.8) is 0 Å². The molecule has 0 amide bonds. The molecule has 1 fully saturated rings. The van der Waals surface area contributed by atoms with Crippen LogP contribution in [0.1, 0.15) is 24.6 Å². The molecular weight excluding hydrogens is 324 g/mol. The fourth-order valence-corrected chi connectivity index (χ4v) is 4.50. The van der Waals surface area contributed by atoms with Gasteiger partial charge in [-0.05, 0) is 58.5 Å². The summed E-state index contributed by atoms with van der Waals surface area (Å²) >= 11 is 9.24. The van der Waals surface area contributed by atoms with Gasteiger partial charge in [0.15, 0.2) is 0 Å². The first-order chi connectivity index (χ1) is 6.68. The highest BCUT2D eigenvalue weighted by Crippen LogP contribution is 2.40. The number of alkyl halides is 1. The van der Waals surface area contributed by atoms with Crippen LogP contribution in [0.15, 0.2) is 15.9 Å². The Labute approximate surface area is 106 Å². The number of hydrogen-bond donors (Lipinski definition) is 0. The van der Waals surface area contributed by atoms with Crippen LogP contribution in [0.2, 0.25) is 0 Å². The van der Waals surface area contributed by atoms with Crippen LogP contribution in [-0.4, -0.2) is 4.83 Å². The van der Waals surface area contributed by atoms with E-state index in [1.807, 2.05) is 11.3 Å². The Balaban J connectivity index is 2.02. The molecule has 1 saturated carbocycles. The molecule has 1 aliphatic rings. The van der Waals surface area contributed by atoms with Gasteiger partial charge >= 0.3 is 0 Å². The molecule has 0 aliphatic heterocycles. The molecule has 3 atom stereocenters. The molecule has 3 unspecified atom stereocenters. The minimum atomic E-state index is 0.742. The molecule has 1 heterocycles. The van der Waals surface area contributed by atoms with Gasteiger partial charge in [-0.1, -0.05) is 22.9 Å². The van der Waals surface area contributed by atoms with Crippen LogP contribution >= 0.6 is 43.2 Å². The normalized spacial score (nSPS) is 32.4. The number of rotatable bonds is 2. The molecule has 1 aliphatic carbocycles. The van der Waals surface area contributed by atoms with E-state index in [0.29, 0.717) is 0 Å². The molecule has 0 radical (unpaired) electrons. The van der Waals surface area contributed by atoms with Gasteiger partial charge in [-0.25, -0.2) is 0 Å². The first-order valence-electron chi connectivity index (χ1n) is 5.04. The highest BCUT2D eigenvalue weighted by atomic mass is 79.9. The summed E-state index contributed by atoms with van der Waals surface area (Å²) in [5.74, 6) is 1.69. The molecule has 0 saturated heterocycles. The van der Waals surface area contributed by atoms with E-state index in [9.17, 15) is 0 Å². The molecule has 1 aromatic rings. The van der Waals surface area contributed by atoms with Gasteiger partial charge in [0, 0.05) is 14.2 Å². The average molecular weight is 338 g/mol. The highest BCUT2D eigenvalue weighted by Gasteiger charge is 2.31. The smallest absolute Gasteiger partial charge is 0.0314 e. The second-order valence-electron chi connectivity index (χ2n) is 4.11. The molecule has 3 heteroatoms. The highest BCUT2D eigenvalue weighted by molar-refractivity contribution is 9.10. The third kappa shape index (κ3) is 2.25. The fraction of sp³-hybridized carbons (Fsp3) is 0.636.